The molecule has 8 heteroatoms. The topological polar surface area (TPSA) is 92.7 Å². The summed E-state index contributed by atoms with van der Waals surface area (Å²) in [4.78, 5) is 33.7. The van der Waals surface area contributed by atoms with Crippen molar-refractivity contribution in [3.8, 4) is 16.5 Å². The Morgan fingerprint density at radius 3 is 2.79 bits per heavy atom. The predicted molar refractivity (Wildman–Crippen MR) is 115 cm³/mol. The Kier molecular flexibility index (Phi) is 5.62. The number of amides is 1. The molecular formula is C21H25N5O2S. The molecule has 152 valence electrons. The summed E-state index contributed by atoms with van der Waals surface area (Å²) in [6.45, 7) is 3.75. The average molecular weight is 412 g/mol. The lowest BCUT2D eigenvalue weighted by molar-refractivity contribution is -0.120. The second-order valence-electron chi connectivity index (χ2n) is 7.44. The summed E-state index contributed by atoms with van der Waals surface area (Å²) in [7, 11) is 0. The molecule has 1 aliphatic carbocycles. The molecule has 7 nitrogen and oxygen atoms in total. The van der Waals surface area contributed by atoms with E-state index in [0.29, 0.717) is 29.4 Å². The van der Waals surface area contributed by atoms with Crippen molar-refractivity contribution in [2.24, 2.45) is 5.92 Å². The molecule has 3 aromatic heterocycles. The maximum Gasteiger partial charge on any atom is 0.255 e. The fourth-order valence-electron chi connectivity index (χ4n) is 3.88. The normalized spacial score (nSPS) is 14.8. The van der Waals surface area contributed by atoms with Crippen molar-refractivity contribution >= 4 is 23.1 Å². The van der Waals surface area contributed by atoms with Crippen LogP contribution in [0.4, 0.5) is 5.82 Å². The fourth-order valence-corrected chi connectivity index (χ4v) is 4.56. The Balaban J connectivity index is 1.74. The molecule has 0 atom stereocenters. The van der Waals surface area contributed by atoms with Gasteiger partial charge in [0.15, 0.2) is 0 Å². The number of H-pyrrole nitrogens is 1. The predicted octanol–water partition coefficient (Wildman–Crippen LogP) is 4.07. The van der Waals surface area contributed by atoms with Crippen LogP contribution in [0.3, 0.4) is 0 Å². The molecule has 1 fully saturated rings. The molecule has 0 radical (unpaired) electrons. The zero-order chi connectivity index (χ0) is 20.4. The molecule has 1 saturated carbocycles. The number of thiophene rings is 1. The van der Waals surface area contributed by atoms with Gasteiger partial charge in [0.05, 0.1) is 4.88 Å². The second kappa shape index (κ2) is 8.32. The van der Waals surface area contributed by atoms with E-state index in [1.54, 1.807) is 11.3 Å². The lowest BCUT2D eigenvalue weighted by atomic mass is 9.89. The van der Waals surface area contributed by atoms with Gasteiger partial charge in [-0.3, -0.25) is 14.6 Å². The third-order valence-corrected chi connectivity index (χ3v) is 6.37. The minimum absolute atomic E-state index is 0.00725. The van der Waals surface area contributed by atoms with Crippen LogP contribution in [0.15, 0.2) is 28.4 Å². The third kappa shape index (κ3) is 4.03. The van der Waals surface area contributed by atoms with Crippen molar-refractivity contribution in [1.82, 2.24) is 19.7 Å². The first-order valence-electron chi connectivity index (χ1n) is 10.1. The molecular weight excluding hydrogens is 386 g/mol. The van der Waals surface area contributed by atoms with Gasteiger partial charge < -0.3 is 5.32 Å². The van der Waals surface area contributed by atoms with E-state index in [-0.39, 0.29) is 17.4 Å². The molecule has 29 heavy (non-hydrogen) atoms. The van der Waals surface area contributed by atoms with Crippen molar-refractivity contribution < 1.29 is 4.79 Å². The third-order valence-electron chi connectivity index (χ3n) is 5.47. The maximum atomic E-state index is 12.8. The molecule has 0 spiro atoms. The average Bonchev–Trinajstić information content (AvgIpc) is 3.38. The van der Waals surface area contributed by atoms with Gasteiger partial charge in [0, 0.05) is 23.2 Å². The van der Waals surface area contributed by atoms with Crippen molar-refractivity contribution in [2.45, 2.75) is 52.4 Å². The summed E-state index contributed by atoms with van der Waals surface area (Å²) in [6, 6.07) is 5.78. The molecule has 1 aliphatic rings. The van der Waals surface area contributed by atoms with Crippen LogP contribution in [0.1, 0.15) is 50.3 Å². The largest absolute Gasteiger partial charge is 0.310 e. The van der Waals surface area contributed by atoms with E-state index >= 15 is 0 Å². The van der Waals surface area contributed by atoms with Gasteiger partial charge in [-0.05, 0) is 37.6 Å². The molecule has 0 aliphatic heterocycles. The van der Waals surface area contributed by atoms with Crippen molar-refractivity contribution in [1.29, 1.82) is 0 Å². The Morgan fingerprint density at radius 2 is 2.14 bits per heavy atom. The molecule has 1 amide bonds. The first-order chi connectivity index (χ1) is 14.1. The lowest BCUT2D eigenvalue weighted by Gasteiger charge is -2.20. The highest BCUT2D eigenvalue weighted by Crippen LogP contribution is 2.29. The summed E-state index contributed by atoms with van der Waals surface area (Å²) in [5.41, 5.74) is 1.89. The van der Waals surface area contributed by atoms with E-state index in [2.05, 4.69) is 20.4 Å². The van der Waals surface area contributed by atoms with E-state index in [9.17, 15) is 9.59 Å². The second-order valence-corrected chi connectivity index (χ2v) is 8.38. The molecule has 0 unspecified atom stereocenters. The highest BCUT2D eigenvalue weighted by Gasteiger charge is 2.24. The quantitative estimate of drug-likeness (QED) is 0.662. The lowest BCUT2D eigenvalue weighted by Crippen LogP contribution is -2.26. The number of carbonyl (C=O) groups excluding carboxylic acids is 1. The number of aryl methyl sites for hydroxylation is 1. The van der Waals surface area contributed by atoms with Gasteiger partial charge in [0.2, 0.25) is 11.9 Å². The minimum Gasteiger partial charge on any atom is -0.310 e. The van der Waals surface area contributed by atoms with Crippen molar-refractivity contribution in [3.05, 3.63) is 45.2 Å². The number of anilines is 1. The number of nitrogens with zero attached hydrogens (tertiary/aromatic N) is 3. The Morgan fingerprint density at radius 1 is 1.34 bits per heavy atom. The van der Waals surface area contributed by atoms with Crippen molar-refractivity contribution in [2.75, 3.05) is 5.32 Å². The van der Waals surface area contributed by atoms with E-state index in [1.165, 1.54) is 11.1 Å². The van der Waals surface area contributed by atoms with Crippen molar-refractivity contribution in [3.63, 3.8) is 0 Å². The standard InChI is InChI=1S/C21H25N5O2S/c1-3-15-13(2)22-21(24-20(15)28)26-18(12-16(25-26)17-10-7-11-29-17)23-19(27)14-8-5-4-6-9-14/h7,10-12,14H,3-6,8-9H2,1-2H3,(H,23,27)(H,22,24,28). The highest BCUT2D eigenvalue weighted by atomic mass is 32.1. The van der Waals surface area contributed by atoms with Gasteiger partial charge in [-0.1, -0.05) is 32.3 Å². The van der Waals surface area contributed by atoms with Crippen LogP contribution in [-0.2, 0) is 11.2 Å². The van der Waals surface area contributed by atoms with E-state index in [4.69, 9.17) is 0 Å². The van der Waals surface area contributed by atoms with E-state index < -0.39 is 0 Å². The number of hydrogen-bond acceptors (Lipinski definition) is 5. The van der Waals surface area contributed by atoms with Crippen LogP contribution in [0, 0.1) is 12.8 Å². The number of nitrogens with one attached hydrogen (secondary N) is 2. The van der Waals surface area contributed by atoms with E-state index in [0.717, 1.165) is 36.3 Å². The van der Waals surface area contributed by atoms with Gasteiger partial charge in [0.1, 0.15) is 11.5 Å². The molecule has 2 N–H and O–H groups in total. The van der Waals surface area contributed by atoms with Gasteiger partial charge in [-0.2, -0.15) is 9.78 Å². The minimum atomic E-state index is -0.173. The number of carbonyl (C=O) groups is 1. The van der Waals surface area contributed by atoms with Crippen LogP contribution >= 0.6 is 11.3 Å². The Bertz CT molecular complexity index is 1060. The molecule has 0 aromatic carbocycles. The van der Waals surface area contributed by atoms with Gasteiger partial charge in [-0.25, -0.2) is 4.98 Å². The summed E-state index contributed by atoms with van der Waals surface area (Å²) in [5.74, 6) is 0.864. The monoisotopic (exact) mass is 411 g/mol. The highest BCUT2D eigenvalue weighted by molar-refractivity contribution is 7.13. The zero-order valence-corrected chi connectivity index (χ0v) is 17.5. The Hall–Kier alpha value is -2.74. The first kappa shape index (κ1) is 19.6. The number of hydrogen-bond donors (Lipinski definition) is 2. The van der Waals surface area contributed by atoms with E-state index in [1.807, 2.05) is 37.4 Å². The van der Waals surface area contributed by atoms with Gasteiger partial charge in [-0.15, -0.1) is 11.3 Å². The van der Waals surface area contributed by atoms with Crippen LogP contribution in [-0.4, -0.2) is 25.7 Å². The number of rotatable bonds is 5. The number of aromatic nitrogens is 4. The number of aromatic amines is 1. The molecule has 4 rings (SSSR count). The van der Waals surface area contributed by atoms with Crippen LogP contribution in [0.5, 0.6) is 0 Å². The first-order valence-corrected chi connectivity index (χ1v) is 11.0. The fraction of sp³-hybridized carbons (Fsp3) is 0.429. The zero-order valence-electron chi connectivity index (χ0n) is 16.7. The summed E-state index contributed by atoms with van der Waals surface area (Å²) < 4.78 is 1.53. The Labute approximate surface area is 173 Å². The molecule has 3 aromatic rings. The molecule has 3 heterocycles. The van der Waals surface area contributed by atoms with Gasteiger partial charge in [0.25, 0.3) is 5.56 Å². The van der Waals surface area contributed by atoms with Crippen LogP contribution in [0.25, 0.3) is 16.5 Å². The van der Waals surface area contributed by atoms with Crippen LogP contribution in [0.2, 0.25) is 0 Å². The molecule has 0 saturated heterocycles. The SMILES string of the molecule is CCc1c(C)nc(-n2nc(-c3cccs3)cc2NC(=O)C2CCCCC2)[nH]c1=O. The summed E-state index contributed by atoms with van der Waals surface area (Å²) in [6.07, 6.45) is 5.81. The molecule has 0 bridgehead atoms. The smallest absolute Gasteiger partial charge is 0.255 e. The van der Waals surface area contributed by atoms with Crippen LogP contribution < -0.4 is 10.9 Å². The summed E-state index contributed by atoms with van der Waals surface area (Å²) in [5, 5.41) is 9.65. The summed E-state index contributed by atoms with van der Waals surface area (Å²) >= 11 is 1.57. The maximum absolute atomic E-state index is 12.8. The van der Waals surface area contributed by atoms with Gasteiger partial charge >= 0.3 is 0 Å².